The molecule has 10 heteroatoms. The van der Waals surface area contributed by atoms with Crippen molar-refractivity contribution in [1.82, 2.24) is 14.6 Å². The van der Waals surface area contributed by atoms with Crippen LogP contribution in [0.2, 0.25) is 0 Å². The lowest BCUT2D eigenvalue weighted by molar-refractivity contribution is -0.138. The Morgan fingerprint density at radius 1 is 1.00 bits per heavy atom. The fourth-order valence-electron chi connectivity index (χ4n) is 2.93. The second kappa shape index (κ2) is 7.98. The molecule has 0 amide bonds. The van der Waals surface area contributed by atoms with Gasteiger partial charge >= 0.3 is 12.1 Å². The van der Waals surface area contributed by atoms with Gasteiger partial charge in [-0.3, -0.25) is 9.20 Å². The molecule has 0 fully saturated rings. The van der Waals surface area contributed by atoms with Gasteiger partial charge in [0.15, 0.2) is 5.65 Å². The molecule has 0 unspecified atom stereocenters. The zero-order chi connectivity index (χ0) is 22.0. The number of fused-ring (bicyclic) bond motifs is 1. The van der Waals surface area contributed by atoms with Crippen LogP contribution in [0.3, 0.4) is 0 Å². The van der Waals surface area contributed by atoms with E-state index in [4.69, 9.17) is 14.6 Å². The molecule has 0 aliphatic carbocycles. The predicted octanol–water partition coefficient (Wildman–Crippen LogP) is 4.96. The average molecular weight is 429 g/mol. The molecular formula is C21H14F3N3O4. The molecule has 31 heavy (non-hydrogen) atoms. The van der Waals surface area contributed by atoms with Gasteiger partial charge in [-0.15, -0.1) is 10.2 Å². The first-order valence-corrected chi connectivity index (χ1v) is 8.96. The smallest absolute Gasteiger partial charge is 0.420 e. The standard InChI is InChI=1S/C21H14F3N3O4/c22-21(23,24)16-11-15(31-19-6-2-5-18-26-25-12-27(18)19)7-8-17(16)30-14-4-1-3-13(9-14)10-20(28)29/h1-9,11-12H,10H2,(H,28,29). The van der Waals surface area contributed by atoms with Crippen molar-refractivity contribution in [1.29, 1.82) is 0 Å². The fourth-order valence-corrected chi connectivity index (χ4v) is 2.93. The van der Waals surface area contributed by atoms with Crippen molar-refractivity contribution >= 4 is 11.6 Å². The summed E-state index contributed by atoms with van der Waals surface area (Å²) < 4.78 is 53.6. The lowest BCUT2D eigenvalue weighted by Crippen LogP contribution is -2.08. The maximum Gasteiger partial charge on any atom is 0.420 e. The summed E-state index contributed by atoms with van der Waals surface area (Å²) in [5, 5.41) is 16.5. The van der Waals surface area contributed by atoms with Gasteiger partial charge in [-0.05, 0) is 48.0 Å². The molecule has 0 saturated carbocycles. The van der Waals surface area contributed by atoms with Crippen molar-refractivity contribution in [2.75, 3.05) is 0 Å². The van der Waals surface area contributed by atoms with E-state index >= 15 is 0 Å². The summed E-state index contributed by atoms with van der Waals surface area (Å²) in [6.07, 6.45) is -3.60. The van der Waals surface area contributed by atoms with Crippen LogP contribution in [0.15, 0.2) is 67.0 Å². The third-order valence-electron chi connectivity index (χ3n) is 4.26. The Kier molecular flexibility index (Phi) is 5.20. The van der Waals surface area contributed by atoms with E-state index in [1.807, 2.05) is 0 Å². The Labute approximate surface area is 173 Å². The number of ether oxygens (including phenoxy) is 2. The maximum absolute atomic E-state index is 13.7. The first-order chi connectivity index (χ1) is 14.8. The average Bonchev–Trinajstić information content (AvgIpc) is 3.18. The Morgan fingerprint density at radius 3 is 2.55 bits per heavy atom. The second-order valence-electron chi connectivity index (χ2n) is 6.50. The van der Waals surface area contributed by atoms with Gasteiger partial charge in [0.05, 0.1) is 6.42 Å². The molecule has 0 bridgehead atoms. The molecule has 0 aliphatic rings. The first kappa shape index (κ1) is 20.2. The molecule has 0 spiro atoms. The van der Waals surface area contributed by atoms with E-state index < -0.39 is 23.5 Å². The van der Waals surface area contributed by atoms with Crippen molar-refractivity contribution in [3.63, 3.8) is 0 Å². The number of carboxylic acid groups (broad SMARTS) is 1. The van der Waals surface area contributed by atoms with E-state index in [0.29, 0.717) is 11.2 Å². The second-order valence-corrected chi connectivity index (χ2v) is 6.50. The molecule has 4 rings (SSSR count). The highest BCUT2D eigenvalue weighted by Crippen LogP contribution is 2.41. The number of rotatable bonds is 6. The van der Waals surface area contributed by atoms with Crippen molar-refractivity contribution in [3.8, 4) is 23.1 Å². The molecule has 0 atom stereocenters. The van der Waals surface area contributed by atoms with Crippen LogP contribution in [0, 0.1) is 0 Å². The SMILES string of the molecule is O=C(O)Cc1cccc(Oc2ccc(Oc3cccc4nncn34)cc2C(F)(F)F)c1. The van der Waals surface area contributed by atoms with Crippen LogP contribution < -0.4 is 9.47 Å². The monoisotopic (exact) mass is 429 g/mol. The number of aliphatic carboxylic acids is 1. The Bertz CT molecular complexity index is 1250. The minimum Gasteiger partial charge on any atom is -0.481 e. The van der Waals surface area contributed by atoms with Gasteiger partial charge in [0.1, 0.15) is 29.1 Å². The first-order valence-electron chi connectivity index (χ1n) is 8.96. The van der Waals surface area contributed by atoms with Crippen LogP contribution in [0.1, 0.15) is 11.1 Å². The zero-order valence-electron chi connectivity index (χ0n) is 15.7. The number of pyridine rings is 1. The van der Waals surface area contributed by atoms with Crippen LogP contribution >= 0.6 is 0 Å². The Morgan fingerprint density at radius 2 is 1.77 bits per heavy atom. The van der Waals surface area contributed by atoms with E-state index in [1.165, 1.54) is 35.0 Å². The van der Waals surface area contributed by atoms with Gasteiger partial charge < -0.3 is 14.6 Å². The summed E-state index contributed by atoms with van der Waals surface area (Å²) in [5.41, 5.74) is -0.153. The molecule has 158 valence electrons. The summed E-state index contributed by atoms with van der Waals surface area (Å²) >= 11 is 0. The number of aromatic nitrogens is 3. The lowest BCUT2D eigenvalue weighted by Gasteiger charge is -2.16. The summed E-state index contributed by atoms with van der Waals surface area (Å²) in [6, 6.07) is 14.1. The summed E-state index contributed by atoms with van der Waals surface area (Å²) in [4.78, 5) is 10.9. The van der Waals surface area contributed by atoms with Crippen LogP contribution in [0.25, 0.3) is 5.65 Å². The molecule has 0 saturated heterocycles. The molecule has 0 radical (unpaired) electrons. The number of alkyl halides is 3. The zero-order valence-corrected chi connectivity index (χ0v) is 15.7. The van der Waals surface area contributed by atoms with Gasteiger partial charge in [-0.1, -0.05) is 18.2 Å². The molecular weight excluding hydrogens is 415 g/mol. The minimum absolute atomic E-state index is 0.0551. The van der Waals surface area contributed by atoms with Gasteiger partial charge in [0.2, 0.25) is 5.88 Å². The molecule has 2 heterocycles. The molecule has 2 aromatic heterocycles. The van der Waals surface area contributed by atoms with Crippen molar-refractivity contribution in [2.45, 2.75) is 12.6 Å². The highest BCUT2D eigenvalue weighted by molar-refractivity contribution is 5.70. The van der Waals surface area contributed by atoms with E-state index in [2.05, 4.69) is 10.2 Å². The maximum atomic E-state index is 13.7. The quantitative estimate of drug-likeness (QED) is 0.466. The van der Waals surface area contributed by atoms with Crippen LogP contribution in [0.5, 0.6) is 23.1 Å². The summed E-state index contributed by atoms with van der Waals surface area (Å²) in [7, 11) is 0. The van der Waals surface area contributed by atoms with E-state index in [0.717, 1.165) is 12.1 Å². The summed E-state index contributed by atoms with van der Waals surface area (Å²) in [6.45, 7) is 0. The Hall–Kier alpha value is -4.08. The highest BCUT2D eigenvalue weighted by Gasteiger charge is 2.35. The normalized spacial score (nSPS) is 11.5. The largest absolute Gasteiger partial charge is 0.481 e. The molecule has 4 aromatic rings. The third kappa shape index (κ3) is 4.58. The van der Waals surface area contributed by atoms with Gasteiger partial charge in [0, 0.05) is 0 Å². The van der Waals surface area contributed by atoms with E-state index in [-0.39, 0.29) is 23.8 Å². The molecule has 0 aliphatic heterocycles. The van der Waals surface area contributed by atoms with Crippen LogP contribution in [0.4, 0.5) is 13.2 Å². The van der Waals surface area contributed by atoms with Gasteiger partial charge in [-0.25, -0.2) is 0 Å². The topological polar surface area (TPSA) is 86.0 Å². The minimum atomic E-state index is -4.71. The van der Waals surface area contributed by atoms with E-state index in [1.54, 1.807) is 24.3 Å². The van der Waals surface area contributed by atoms with Crippen molar-refractivity contribution < 1.29 is 32.5 Å². The number of halogens is 3. The number of benzene rings is 2. The summed E-state index contributed by atoms with van der Waals surface area (Å²) in [5.74, 6) is -1.22. The highest BCUT2D eigenvalue weighted by atomic mass is 19.4. The number of carbonyl (C=O) groups is 1. The van der Waals surface area contributed by atoms with Crippen LogP contribution in [-0.2, 0) is 17.4 Å². The molecule has 1 N–H and O–H groups in total. The Balaban J connectivity index is 1.65. The van der Waals surface area contributed by atoms with Gasteiger partial charge in [-0.2, -0.15) is 13.2 Å². The van der Waals surface area contributed by atoms with E-state index in [9.17, 15) is 18.0 Å². The molecule has 7 nitrogen and oxygen atoms in total. The number of nitrogens with zero attached hydrogens (tertiary/aromatic N) is 3. The number of carboxylic acids is 1. The fraction of sp³-hybridized carbons (Fsp3) is 0.0952. The van der Waals surface area contributed by atoms with Gasteiger partial charge in [0.25, 0.3) is 0 Å². The van der Waals surface area contributed by atoms with Crippen molar-refractivity contribution in [3.05, 3.63) is 78.1 Å². The molecule has 2 aromatic carbocycles. The van der Waals surface area contributed by atoms with Crippen molar-refractivity contribution in [2.24, 2.45) is 0 Å². The lowest BCUT2D eigenvalue weighted by atomic mass is 10.1. The third-order valence-corrected chi connectivity index (χ3v) is 4.26. The predicted molar refractivity (Wildman–Crippen MR) is 102 cm³/mol. The number of hydrogen-bond acceptors (Lipinski definition) is 5. The van der Waals surface area contributed by atoms with Crippen LogP contribution in [-0.4, -0.2) is 25.7 Å². The number of hydrogen-bond donors (Lipinski definition) is 1.